The molecule has 0 bridgehead atoms. The topological polar surface area (TPSA) is 133 Å². The van der Waals surface area contributed by atoms with Crippen LogP contribution in [-0.4, -0.2) is 149 Å². The molecular weight excluding hydrogens is 664 g/mol. The second-order valence-corrected chi connectivity index (χ2v) is 14.8. The molecule has 52 heavy (non-hydrogen) atoms. The molecule has 0 aromatic heterocycles. The van der Waals surface area contributed by atoms with Crippen molar-refractivity contribution in [3.8, 4) is 0 Å². The summed E-state index contributed by atoms with van der Waals surface area (Å²) < 4.78 is 17.0. The largest absolute Gasteiger partial charge is 0.467 e. The fourth-order valence-corrected chi connectivity index (χ4v) is 7.25. The number of hydrogen-bond donors (Lipinski definition) is 1. The van der Waals surface area contributed by atoms with E-state index < -0.39 is 42.2 Å². The maximum Gasteiger partial charge on any atom is 0.328 e. The Balaban J connectivity index is 2.31. The zero-order valence-corrected chi connectivity index (χ0v) is 33.9. The van der Waals surface area contributed by atoms with Crippen molar-refractivity contribution in [3.05, 3.63) is 35.9 Å². The first-order chi connectivity index (χ1) is 24.5. The molecule has 294 valence electrons. The number of nitrogens with zero attached hydrogens (tertiary/aromatic N) is 5. The maximum atomic E-state index is 14.2. The summed E-state index contributed by atoms with van der Waals surface area (Å²) in [6, 6.07) is 7.15. The van der Waals surface area contributed by atoms with E-state index in [2.05, 4.69) is 19.2 Å². The van der Waals surface area contributed by atoms with Gasteiger partial charge in [-0.15, -0.1) is 0 Å². The zero-order valence-electron chi connectivity index (χ0n) is 33.9. The fourth-order valence-electron chi connectivity index (χ4n) is 7.25. The first-order valence-corrected chi connectivity index (χ1v) is 18.5. The van der Waals surface area contributed by atoms with E-state index in [-0.39, 0.29) is 48.4 Å². The summed E-state index contributed by atoms with van der Waals surface area (Å²) in [5, 5.41) is 2.87. The minimum atomic E-state index is -0.876. The molecule has 0 spiro atoms. The van der Waals surface area contributed by atoms with Gasteiger partial charge >= 0.3 is 5.97 Å². The lowest BCUT2D eigenvalue weighted by molar-refractivity contribution is -0.148. The molecule has 13 nitrogen and oxygen atoms in total. The Labute approximate surface area is 312 Å². The minimum Gasteiger partial charge on any atom is -0.467 e. The number of carbonyl (C=O) groups is 4. The lowest BCUT2D eigenvalue weighted by atomic mass is 9.89. The summed E-state index contributed by atoms with van der Waals surface area (Å²) in [6.45, 7) is 10.4. The van der Waals surface area contributed by atoms with Crippen LogP contribution in [0, 0.1) is 17.8 Å². The molecule has 1 aromatic carbocycles. The SMILES string of the molecule is CC[C@H](C)[C@@H]([C@@H](CC(=O)N1CCC[C@H]1[C@H](OC)[C@@H](C)C(=O)N[C@@H](Cc1ccccc1)C(=O)OC)OC)N(C)C(=O)[C@@H](N=C(N(C)C)N(C)C)C(C)C. The molecule has 3 amide bonds. The van der Waals surface area contributed by atoms with Crippen LogP contribution < -0.4 is 5.32 Å². The number of likely N-dealkylation sites (N-methyl/N-ethyl adjacent to an activating group) is 1. The second kappa shape index (κ2) is 21.1. The van der Waals surface area contributed by atoms with Gasteiger partial charge in [0.05, 0.1) is 43.7 Å². The molecule has 1 aliphatic heterocycles. The molecular formula is C39H66N6O7. The number of hydrogen-bond acceptors (Lipinski definition) is 8. The average Bonchev–Trinajstić information content (AvgIpc) is 3.60. The van der Waals surface area contributed by atoms with Crippen LogP contribution in [0.1, 0.15) is 65.9 Å². The van der Waals surface area contributed by atoms with Gasteiger partial charge in [0.2, 0.25) is 17.7 Å². The van der Waals surface area contributed by atoms with E-state index in [1.165, 1.54) is 7.11 Å². The highest BCUT2D eigenvalue weighted by molar-refractivity contribution is 5.88. The molecule has 1 aliphatic rings. The first kappa shape index (κ1) is 44.5. The van der Waals surface area contributed by atoms with E-state index in [0.29, 0.717) is 18.9 Å². The lowest BCUT2D eigenvalue weighted by Crippen LogP contribution is -2.55. The van der Waals surface area contributed by atoms with Crippen molar-refractivity contribution < 1.29 is 33.4 Å². The quantitative estimate of drug-likeness (QED) is 0.137. The van der Waals surface area contributed by atoms with Gasteiger partial charge in [0.15, 0.2) is 5.96 Å². The van der Waals surface area contributed by atoms with Crippen LogP contribution in [0.3, 0.4) is 0 Å². The Morgan fingerprint density at radius 2 is 1.56 bits per heavy atom. The van der Waals surface area contributed by atoms with E-state index >= 15 is 0 Å². The van der Waals surface area contributed by atoms with E-state index in [4.69, 9.17) is 19.2 Å². The molecule has 0 aliphatic carbocycles. The van der Waals surface area contributed by atoms with E-state index in [0.717, 1.165) is 18.4 Å². The highest BCUT2D eigenvalue weighted by Gasteiger charge is 2.43. The summed E-state index contributed by atoms with van der Waals surface area (Å²) in [5.41, 5.74) is 0.886. The van der Waals surface area contributed by atoms with Crippen molar-refractivity contribution in [2.45, 2.75) is 103 Å². The number of guanidine groups is 1. The van der Waals surface area contributed by atoms with Gasteiger partial charge in [0.1, 0.15) is 12.1 Å². The fraction of sp³-hybridized carbons (Fsp3) is 0.718. The molecule has 13 heteroatoms. The predicted octanol–water partition coefficient (Wildman–Crippen LogP) is 3.31. The van der Waals surface area contributed by atoms with Crippen LogP contribution in [0.4, 0.5) is 0 Å². The average molecular weight is 731 g/mol. The first-order valence-electron chi connectivity index (χ1n) is 18.5. The van der Waals surface area contributed by atoms with Crippen LogP contribution >= 0.6 is 0 Å². The number of rotatable bonds is 18. The maximum absolute atomic E-state index is 14.2. The summed E-state index contributed by atoms with van der Waals surface area (Å²) >= 11 is 0. The van der Waals surface area contributed by atoms with Crippen molar-refractivity contribution >= 4 is 29.7 Å². The van der Waals surface area contributed by atoms with Gasteiger partial charge in [0, 0.05) is 62.4 Å². The van der Waals surface area contributed by atoms with Crippen molar-refractivity contribution in [2.75, 3.05) is 63.1 Å². The van der Waals surface area contributed by atoms with Crippen molar-refractivity contribution in [1.82, 2.24) is 24.9 Å². The number of carbonyl (C=O) groups excluding carboxylic acids is 4. The number of esters is 1. The lowest BCUT2D eigenvalue weighted by Gasteiger charge is -2.40. The van der Waals surface area contributed by atoms with Crippen LogP contribution in [0.5, 0.6) is 0 Å². The van der Waals surface area contributed by atoms with Crippen LogP contribution in [0.15, 0.2) is 35.3 Å². The number of likely N-dealkylation sites (tertiary alicyclic amines) is 1. The van der Waals surface area contributed by atoms with Crippen molar-refractivity contribution in [2.24, 2.45) is 22.7 Å². The molecule has 0 saturated carbocycles. The van der Waals surface area contributed by atoms with Gasteiger partial charge in [0.25, 0.3) is 0 Å². The highest BCUT2D eigenvalue weighted by atomic mass is 16.5. The smallest absolute Gasteiger partial charge is 0.328 e. The minimum absolute atomic E-state index is 0.0223. The third kappa shape index (κ3) is 11.6. The summed E-state index contributed by atoms with van der Waals surface area (Å²) in [4.78, 5) is 66.8. The van der Waals surface area contributed by atoms with E-state index in [1.54, 1.807) is 38.0 Å². The molecule has 2 rings (SSSR count). The third-order valence-electron chi connectivity index (χ3n) is 10.3. The van der Waals surface area contributed by atoms with Gasteiger partial charge in [-0.05, 0) is 30.2 Å². The van der Waals surface area contributed by atoms with Crippen LogP contribution in [-0.2, 0) is 39.8 Å². The Morgan fingerprint density at radius 1 is 0.942 bits per heavy atom. The van der Waals surface area contributed by atoms with Gasteiger partial charge < -0.3 is 39.1 Å². The van der Waals surface area contributed by atoms with Gasteiger partial charge in [-0.2, -0.15) is 0 Å². The molecule has 1 aromatic rings. The Hall–Kier alpha value is -3.71. The highest BCUT2D eigenvalue weighted by Crippen LogP contribution is 2.30. The Kier molecular flexibility index (Phi) is 18.0. The number of amides is 3. The number of methoxy groups -OCH3 is 3. The monoisotopic (exact) mass is 730 g/mol. The van der Waals surface area contributed by atoms with Gasteiger partial charge in [-0.3, -0.25) is 14.4 Å². The number of ether oxygens (including phenoxy) is 3. The van der Waals surface area contributed by atoms with Crippen molar-refractivity contribution in [1.29, 1.82) is 0 Å². The predicted molar refractivity (Wildman–Crippen MR) is 204 cm³/mol. The Morgan fingerprint density at radius 3 is 2.06 bits per heavy atom. The number of benzene rings is 1. The van der Waals surface area contributed by atoms with E-state index in [1.807, 2.05) is 82.2 Å². The van der Waals surface area contributed by atoms with Crippen molar-refractivity contribution in [3.63, 3.8) is 0 Å². The zero-order chi connectivity index (χ0) is 39.3. The summed E-state index contributed by atoms with van der Waals surface area (Å²) in [6.07, 6.45) is 1.30. The molecule has 1 N–H and O–H groups in total. The van der Waals surface area contributed by atoms with Crippen LogP contribution in [0.25, 0.3) is 0 Å². The third-order valence-corrected chi connectivity index (χ3v) is 10.3. The second-order valence-electron chi connectivity index (χ2n) is 14.8. The molecule has 1 heterocycles. The van der Waals surface area contributed by atoms with Gasteiger partial charge in [-0.25, -0.2) is 9.79 Å². The Bertz CT molecular complexity index is 1310. The molecule has 0 radical (unpaired) electrons. The standard InChI is InChI=1S/C39H66N6O7/c1-14-26(4)34(44(10)37(48)33(25(2)3)41-39(42(6)7)43(8)9)31(50-11)24-32(46)45-22-18-21-30(45)35(51-12)27(5)36(47)40-29(38(49)52-13)23-28-19-16-15-17-20-28/h15-17,19-20,25-27,29-31,33-35H,14,18,21-24H2,1-13H3,(H,40,47)/t26-,27+,29-,30-,31+,33-,34-,35+/m0/s1. The molecule has 1 saturated heterocycles. The molecule has 0 unspecified atom stereocenters. The van der Waals surface area contributed by atoms with E-state index in [9.17, 15) is 19.2 Å². The molecule has 1 fully saturated rings. The normalized spacial score (nSPS) is 18.3. The molecule has 8 atom stereocenters. The summed E-state index contributed by atoms with van der Waals surface area (Å²) in [7, 11) is 13.8. The summed E-state index contributed by atoms with van der Waals surface area (Å²) in [5.74, 6) is -1.20. The van der Waals surface area contributed by atoms with Crippen LogP contribution in [0.2, 0.25) is 0 Å². The number of aliphatic imine (C=N–C) groups is 1. The number of nitrogens with one attached hydrogen (secondary N) is 1. The van der Waals surface area contributed by atoms with Gasteiger partial charge in [-0.1, -0.05) is 71.4 Å².